The summed E-state index contributed by atoms with van der Waals surface area (Å²) in [6.45, 7) is 1.44. The summed E-state index contributed by atoms with van der Waals surface area (Å²) in [4.78, 5) is 40.7. The third-order valence-corrected chi connectivity index (χ3v) is 4.80. The van der Waals surface area contributed by atoms with Crippen LogP contribution in [0.1, 0.15) is 4.88 Å². The maximum absolute atomic E-state index is 12.4. The first-order valence-electron chi connectivity index (χ1n) is 7.25. The molecule has 0 saturated heterocycles. The number of amides is 1. The molecule has 0 spiro atoms. The van der Waals surface area contributed by atoms with Crippen LogP contribution in [0.2, 0.25) is 5.02 Å². The van der Waals surface area contributed by atoms with Crippen molar-refractivity contribution in [3.05, 3.63) is 55.0 Å². The lowest BCUT2D eigenvalue weighted by Crippen LogP contribution is -2.38. The van der Waals surface area contributed by atoms with E-state index in [1.54, 1.807) is 18.2 Å². The first kappa shape index (κ1) is 17.2. The molecule has 3 aromatic rings. The summed E-state index contributed by atoms with van der Waals surface area (Å²) in [6, 6.07) is 6.44. The van der Waals surface area contributed by atoms with Gasteiger partial charge in [0, 0.05) is 10.6 Å². The number of methoxy groups -OCH3 is 1. The number of benzene rings is 1. The Morgan fingerprint density at radius 2 is 2.12 bits per heavy atom. The number of hydrogen-bond donors (Lipinski definition) is 2. The van der Waals surface area contributed by atoms with Crippen molar-refractivity contribution < 1.29 is 9.53 Å². The fourth-order valence-electron chi connectivity index (χ4n) is 2.40. The van der Waals surface area contributed by atoms with Crippen molar-refractivity contribution in [1.29, 1.82) is 0 Å². The number of nitrogens with one attached hydrogen (secondary N) is 2. The summed E-state index contributed by atoms with van der Waals surface area (Å²) < 4.78 is 5.91. The number of anilines is 1. The number of aryl methyl sites for hydroxylation is 1. The van der Waals surface area contributed by atoms with E-state index in [0.717, 1.165) is 9.44 Å². The summed E-state index contributed by atoms with van der Waals surface area (Å²) in [5.74, 6) is -0.0363. The van der Waals surface area contributed by atoms with Crippen molar-refractivity contribution in [2.24, 2.45) is 0 Å². The topological polar surface area (TPSA) is 93.2 Å². The second kappa shape index (κ2) is 6.73. The molecule has 7 nitrogen and oxygen atoms in total. The van der Waals surface area contributed by atoms with E-state index in [2.05, 4.69) is 10.3 Å². The summed E-state index contributed by atoms with van der Waals surface area (Å²) >= 11 is 7.33. The van der Waals surface area contributed by atoms with Crippen LogP contribution in [0, 0.1) is 6.92 Å². The Kier molecular flexibility index (Phi) is 4.65. The highest BCUT2D eigenvalue weighted by Crippen LogP contribution is 2.27. The number of aromatic amines is 1. The van der Waals surface area contributed by atoms with Crippen molar-refractivity contribution in [3.8, 4) is 5.75 Å². The van der Waals surface area contributed by atoms with Gasteiger partial charge in [-0.2, -0.15) is 0 Å². The van der Waals surface area contributed by atoms with Gasteiger partial charge in [0.2, 0.25) is 5.91 Å². The standard InChI is InChI=1S/C16H14ClN3O4S/c1-8-5-10-14(25-8)19-16(23)20(15(10)22)7-13(21)18-9-3-4-12(24-2)11(17)6-9/h3-6H,7H2,1-2H3,(H,18,21)(H,19,23). The maximum atomic E-state index is 12.4. The largest absolute Gasteiger partial charge is 0.495 e. The Labute approximate surface area is 150 Å². The van der Waals surface area contributed by atoms with E-state index in [-0.39, 0.29) is 0 Å². The number of aromatic nitrogens is 2. The number of H-pyrrole nitrogens is 1. The average molecular weight is 380 g/mol. The molecule has 9 heteroatoms. The van der Waals surface area contributed by atoms with Crippen LogP contribution >= 0.6 is 22.9 Å². The normalized spacial score (nSPS) is 10.8. The lowest BCUT2D eigenvalue weighted by molar-refractivity contribution is -0.116. The van der Waals surface area contributed by atoms with Crippen LogP contribution in [0.4, 0.5) is 5.69 Å². The monoisotopic (exact) mass is 379 g/mol. The molecule has 0 bridgehead atoms. The van der Waals surface area contributed by atoms with E-state index < -0.39 is 23.7 Å². The molecular weight excluding hydrogens is 366 g/mol. The SMILES string of the molecule is COc1ccc(NC(=O)Cn2c(=O)[nH]c3sc(C)cc3c2=O)cc1Cl. The molecule has 1 aromatic carbocycles. The molecule has 0 radical (unpaired) electrons. The van der Waals surface area contributed by atoms with Crippen LogP contribution in [-0.2, 0) is 11.3 Å². The lowest BCUT2D eigenvalue weighted by atomic mass is 10.3. The van der Waals surface area contributed by atoms with Gasteiger partial charge in [-0.25, -0.2) is 4.79 Å². The zero-order chi connectivity index (χ0) is 18.1. The van der Waals surface area contributed by atoms with Gasteiger partial charge in [-0.3, -0.25) is 19.1 Å². The van der Waals surface area contributed by atoms with Crippen LogP contribution in [-0.4, -0.2) is 22.6 Å². The Hall–Kier alpha value is -2.58. The molecule has 0 atom stereocenters. The molecule has 2 aromatic heterocycles. The molecular formula is C16H14ClN3O4S. The molecule has 130 valence electrons. The number of rotatable bonds is 4. The van der Waals surface area contributed by atoms with Crippen molar-refractivity contribution in [1.82, 2.24) is 9.55 Å². The molecule has 2 heterocycles. The van der Waals surface area contributed by atoms with Gasteiger partial charge in [0.05, 0.1) is 17.5 Å². The van der Waals surface area contributed by atoms with Gasteiger partial charge in [-0.1, -0.05) is 11.6 Å². The van der Waals surface area contributed by atoms with Crippen LogP contribution in [0.5, 0.6) is 5.75 Å². The fourth-order valence-corrected chi connectivity index (χ4v) is 3.55. The number of hydrogen-bond acceptors (Lipinski definition) is 5. The van der Waals surface area contributed by atoms with Gasteiger partial charge < -0.3 is 10.1 Å². The van der Waals surface area contributed by atoms with Crippen molar-refractivity contribution in [2.75, 3.05) is 12.4 Å². The second-order valence-electron chi connectivity index (χ2n) is 5.32. The Balaban J connectivity index is 1.86. The van der Waals surface area contributed by atoms with E-state index >= 15 is 0 Å². The third-order valence-electron chi connectivity index (χ3n) is 3.53. The predicted molar refractivity (Wildman–Crippen MR) is 98.1 cm³/mol. The molecule has 0 aliphatic rings. The molecule has 1 amide bonds. The minimum atomic E-state index is -0.623. The first-order valence-corrected chi connectivity index (χ1v) is 8.45. The number of thiophene rings is 1. The number of ether oxygens (including phenoxy) is 1. The van der Waals surface area contributed by atoms with Gasteiger partial charge in [-0.05, 0) is 31.2 Å². The van der Waals surface area contributed by atoms with Crippen LogP contribution in [0.3, 0.4) is 0 Å². The molecule has 0 unspecified atom stereocenters. The lowest BCUT2D eigenvalue weighted by Gasteiger charge is -2.09. The summed E-state index contributed by atoms with van der Waals surface area (Å²) in [5.41, 5.74) is -0.680. The first-order chi connectivity index (χ1) is 11.9. The minimum absolute atomic E-state index is 0.338. The molecule has 2 N–H and O–H groups in total. The number of carbonyl (C=O) groups is 1. The second-order valence-corrected chi connectivity index (χ2v) is 6.98. The quantitative estimate of drug-likeness (QED) is 0.727. The predicted octanol–water partition coefficient (Wildman–Crippen LogP) is 2.36. The number of carbonyl (C=O) groups excluding carboxylic acids is 1. The zero-order valence-electron chi connectivity index (χ0n) is 13.4. The van der Waals surface area contributed by atoms with Gasteiger partial charge in [0.1, 0.15) is 17.1 Å². The van der Waals surface area contributed by atoms with Gasteiger partial charge >= 0.3 is 5.69 Å². The zero-order valence-corrected chi connectivity index (χ0v) is 15.0. The summed E-state index contributed by atoms with van der Waals surface area (Å²) in [5, 5.41) is 3.33. The van der Waals surface area contributed by atoms with Crippen molar-refractivity contribution in [2.45, 2.75) is 13.5 Å². The minimum Gasteiger partial charge on any atom is -0.495 e. The van der Waals surface area contributed by atoms with E-state index in [1.165, 1.54) is 24.5 Å². The van der Waals surface area contributed by atoms with E-state index in [9.17, 15) is 14.4 Å². The summed E-state index contributed by atoms with van der Waals surface area (Å²) in [7, 11) is 1.49. The molecule has 3 rings (SSSR count). The Morgan fingerprint density at radius 3 is 2.80 bits per heavy atom. The highest BCUT2D eigenvalue weighted by molar-refractivity contribution is 7.18. The number of halogens is 1. The van der Waals surface area contributed by atoms with Crippen molar-refractivity contribution in [3.63, 3.8) is 0 Å². The number of nitrogens with zero attached hydrogens (tertiary/aromatic N) is 1. The fraction of sp³-hybridized carbons (Fsp3) is 0.188. The van der Waals surface area contributed by atoms with E-state index in [4.69, 9.17) is 16.3 Å². The molecule has 0 aliphatic carbocycles. The maximum Gasteiger partial charge on any atom is 0.329 e. The van der Waals surface area contributed by atoms with Crippen molar-refractivity contribution >= 4 is 44.7 Å². The van der Waals surface area contributed by atoms with Gasteiger partial charge in [-0.15, -0.1) is 11.3 Å². The number of fused-ring (bicyclic) bond motifs is 1. The molecule has 0 saturated carbocycles. The molecule has 0 fully saturated rings. The van der Waals surface area contributed by atoms with Gasteiger partial charge in [0.25, 0.3) is 5.56 Å². The van der Waals surface area contributed by atoms with Crippen LogP contribution < -0.4 is 21.3 Å². The van der Waals surface area contributed by atoms with Crippen LogP contribution in [0.25, 0.3) is 10.2 Å². The average Bonchev–Trinajstić information content (AvgIpc) is 2.92. The van der Waals surface area contributed by atoms with Gasteiger partial charge in [0.15, 0.2) is 0 Å². The Morgan fingerprint density at radius 1 is 1.36 bits per heavy atom. The van der Waals surface area contributed by atoms with E-state index in [1.807, 2.05) is 6.92 Å². The van der Waals surface area contributed by atoms with E-state index in [0.29, 0.717) is 26.7 Å². The summed E-state index contributed by atoms with van der Waals surface area (Å²) in [6.07, 6.45) is 0. The van der Waals surface area contributed by atoms with Crippen LogP contribution in [0.15, 0.2) is 33.9 Å². The highest BCUT2D eigenvalue weighted by Gasteiger charge is 2.13. The highest BCUT2D eigenvalue weighted by atomic mass is 35.5. The molecule has 25 heavy (non-hydrogen) atoms. The Bertz CT molecular complexity index is 1080. The smallest absolute Gasteiger partial charge is 0.329 e. The third kappa shape index (κ3) is 3.45. The molecule has 0 aliphatic heterocycles.